The molecule has 0 aromatic heterocycles. The second-order valence-electron chi connectivity index (χ2n) is 4.83. The number of carboxylic acid groups (broad SMARTS) is 1. The third kappa shape index (κ3) is 5.73. The van der Waals surface area contributed by atoms with Crippen LogP contribution in [0.1, 0.15) is 6.42 Å². The summed E-state index contributed by atoms with van der Waals surface area (Å²) >= 11 is 29.5. The summed E-state index contributed by atoms with van der Waals surface area (Å²) < 4.78 is 10.8. The smallest absolute Gasteiger partial charge is 0.141 e. The molecule has 1 atom stereocenters. The van der Waals surface area contributed by atoms with E-state index >= 15 is 0 Å². The lowest BCUT2D eigenvalue weighted by atomic mass is 10.2. The normalized spacial score (nSPS) is 11.9. The summed E-state index contributed by atoms with van der Waals surface area (Å²) in [5.74, 6) is -0.958. The molecule has 0 aliphatic carbocycles. The van der Waals surface area contributed by atoms with Crippen LogP contribution in [0.3, 0.4) is 0 Å². The highest BCUT2D eigenvalue weighted by Gasteiger charge is 2.15. The van der Waals surface area contributed by atoms with Crippen LogP contribution in [0.2, 0.25) is 25.1 Å². The molecule has 0 fully saturated rings. The molecule has 1 unspecified atom stereocenters. The van der Waals surface area contributed by atoms with Crippen molar-refractivity contribution in [2.45, 2.75) is 12.5 Å². The van der Waals surface area contributed by atoms with Gasteiger partial charge in [-0.1, -0.05) is 58.0 Å². The van der Waals surface area contributed by atoms with Crippen LogP contribution in [0.15, 0.2) is 30.3 Å². The van der Waals surface area contributed by atoms with E-state index in [4.69, 9.17) is 67.5 Å². The van der Waals surface area contributed by atoms with E-state index in [0.717, 1.165) is 0 Å². The standard InChI is InChI=1S/C16H11Cl5O4/c17-8-1-2-13(11(20)5-8)25-14(16(22)23)3-4-24-15-7-10(19)9(18)6-12(15)21/h1-2,5-7,14H,3-4H2,(H,22,23)/p-1. The van der Waals surface area contributed by atoms with Crippen LogP contribution in [0.5, 0.6) is 11.5 Å². The van der Waals surface area contributed by atoms with E-state index in [1.807, 2.05) is 0 Å². The summed E-state index contributed by atoms with van der Waals surface area (Å²) in [6, 6.07) is 7.31. The lowest BCUT2D eigenvalue weighted by Crippen LogP contribution is -2.40. The van der Waals surface area contributed by atoms with Crippen LogP contribution >= 0.6 is 58.0 Å². The third-order valence-corrected chi connectivity index (χ3v) is 4.59. The number of carboxylic acids is 1. The van der Waals surface area contributed by atoms with E-state index in [1.165, 1.54) is 30.3 Å². The van der Waals surface area contributed by atoms with Gasteiger partial charge in [0.15, 0.2) is 0 Å². The topological polar surface area (TPSA) is 58.6 Å². The molecule has 2 aromatic carbocycles. The fourth-order valence-electron chi connectivity index (χ4n) is 1.84. The number of halogens is 5. The lowest BCUT2D eigenvalue weighted by Gasteiger charge is -2.21. The zero-order valence-corrected chi connectivity index (χ0v) is 16.2. The van der Waals surface area contributed by atoms with E-state index in [2.05, 4.69) is 0 Å². The van der Waals surface area contributed by atoms with Crippen molar-refractivity contribution in [3.8, 4) is 11.5 Å². The number of carbonyl (C=O) groups is 1. The third-order valence-electron chi connectivity index (χ3n) is 3.04. The van der Waals surface area contributed by atoms with Crippen molar-refractivity contribution in [3.63, 3.8) is 0 Å². The predicted molar refractivity (Wildman–Crippen MR) is 97.5 cm³/mol. The fraction of sp³-hybridized carbons (Fsp3) is 0.188. The molecule has 134 valence electrons. The first-order chi connectivity index (χ1) is 11.8. The summed E-state index contributed by atoms with van der Waals surface area (Å²) in [6.45, 7) is -0.0124. The van der Waals surface area contributed by atoms with Gasteiger partial charge < -0.3 is 19.4 Å². The van der Waals surface area contributed by atoms with E-state index in [0.29, 0.717) is 5.02 Å². The number of benzene rings is 2. The van der Waals surface area contributed by atoms with E-state index in [1.54, 1.807) is 0 Å². The number of carbonyl (C=O) groups excluding carboxylic acids is 1. The van der Waals surface area contributed by atoms with Gasteiger partial charge in [-0.05, 0) is 24.3 Å². The van der Waals surface area contributed by atoms with Crippen LogP contribution in [0.25, 0.3) is 0 Å². The monoisotopic (exact) mass is 441 g/mol. The van der Waals surface area contributed by atoms with Gasteiger partial charge in [0.25, 0.3) is 0 Å². The SMILES string of the molecule is O=C([O-])C(CCOc1cc(Cl)c(Cl)cc1Cl)Oc1ccc(Cl)cc1Cl. The predicted octanol–water partition coefficient (Wildman–Crippen LogP) is 4.92. The molecule has 0 spiro atoms. The number of hydrogen-bond acceptors (Lipinski definition) is 4. The van der Waals surface area contributed by atoms with Gasteiger partial charge in [0.2, 0.25) is 0 Å². The zero-order chi connectivity index (χ0) is 18.6. The minimum absolute atomic E-state index is 0.0124. The quantitative estimate of drug-likeness (QED) is 0.570. The molecule has 0 saturated heterocycles. The molecule has 0 N–H and O–H groups in total. The van der Waals surface area contributed by atoms with E-state index < -0.39 is 12.1 Å². The summed E-state index contributed by atoms with van der Waals surface area (Å²) in [7, 11) is 0. The van der Waals surface area contributed by atoms with Gasteiger partial charge in [-0.15, -0.1) is 0 Å². The maximum absolute atomic E-state index is 11.3. The van der Waals surface area contributed by atoms with Crippen molar-refractivity contribution in [3.05, 3.63) is 55.4 Å². The van der Waals surface area contributed by atoms with Gasteiger partial charge in [-0.3, -0.25) is 0 Å². The van der Waals surface area contributed by atoms with Crippen molar-refractivity contribution in [2.24, 2.45) is 0 Å². The van der Waals surface area contributed by atoms with Crippen molar-refractivity contribution in [1.82, 2.24) is 0 Å². The maximum atomic E-state index is 11.3. The summed E-state index contributed by atoms with van der Waals surface area (Å²) in [5.41, 5.74) is 0. The Labute approximate surface area is 169 Å². The van der Waals surface area contributed by atoms with Crippen LogP contribution in [-0.4, -0.2) is 18.7 Å². The molecule has 9 heteroatoms. The largest absolute Gasteiger partial charge is 0.546 e. The molecule has 0 heterocycles. The van der Waals surface area contributed by atoms with E-state index in [-0.39, 0.29) is 44.6 Å². The molecule has 0 bridgehead atoms. The summed E-state index contributed by atoms with van der Waals surface area (Å²) in [6.07, 6.45) is -1.29. The molecule has 2 aromatic rings. The maximum Gasteiger partial charge on any atom is 0.141 e. The first-order valence-corrected chi connectivity index (χ1v) is 8.77. The lowest BCUT2D eigenvalue weighted by molar-refractivity contribution is -0.314. The number of aliphatic carboxylic acids is 1. The molecule has 0 aliphatic rings. The molecule has 0 amide bonds. The van der Waals surface area contributed by atoms with Gasteiger partial charge in [-0.25, -0.2) is 0 Å². The number of ether oxygens (including phenoxy) is 2. The van der Waals surface area contributed by atoms with Crippen LogP contribution < -0.4 is 14.6 Å². The Bertz CT molecular complexity index is 781. The highest BCUT2D eigenvalue weighted by atomic mass is 35.5. The Kier molecular flexibility index (Phi) is 7.35. The molecule has 4 nitrogen and oxygen atoms in total. The average Bonchev–Trinajstić information content (AvgIpc) is 2.53. The fourth-order valence-corrected chi connectivity index (χ4v) is 2.88. The van der Waals surface area contributed by atoms with Gasteiger partial charge in [0.05, 0.1) is 32.7 Å². The molecule has 25 heavy (non-hydrogen) atoms. The van der Waals surface area contributed by atoms with Crippen molar-refractivity contribution < 1.29 is 19.4 Å². The molecular weight excluding hydrogens is 433 g/mol. The highest BCUT2D eigenvalue weighted by Crippen LogP contribution is 2.34. The molecule has 0 radical (unpaired) electrons. The Morgan fingerprint density at radius 2 is 1.56 bits per heavy atom. The first-order valence-electron chi connectivity index (χ1n) is 6.88. The average molecular weight is 444 g/mol. The van der Waals surface area contributed by atoms with Gasteiger partial charge in [-0.2, -0.15) is 0 Å². The van der Waals surface area contributed by atoms with Gasteiger partial charge >= 0.3 is 0 Å². The number of hydrogen-bond donors (Lipinski definition) is 0. The second kappa shape index (κ2) is 9.06. The van der Waals surface area contributed by atoms with Crippen LogP contribution in [0.4, 0.5) is 0 Å². The summed E-state index contributed by atoms with van der Waals surface area (Å²) in [5, 5.41) is 12.7. The Hall–Kier alpha value is -1.04. The minimum Gasteiger partial charge on any atom is -0.546 e. The van der Waals surface area contributed by atoms with Crippen LogP contribution in [-0.2, 0) is 4.79 Å². The zero-order valence-electron chi connectivity index (χ0n) is 12.4. The molecule has 2 rings (SSSR count). The number of rotatable bonds is 7. The molecule has 0 aliphatic heterocycles. The van der Waals surface area contributed by atoms with Crippen LogP contribution in [0, 0.1) is 0 Å². The minimum atomic E-state index is -1.41. The van der Waals surface area contributed by atoms with Crippen molar-refractivity contribution in [2.75, 3.05) is 6.61 Å². The Balaban J connectivity index is 2.00. The Morgan fingerprint density at radius 1 is 0.920 bits per heavy atom. The Morgan fingerprint density at radius 3 is 2.20 bits per heavy atom. The van der Waals surface area contributed by atoms with Gasteiger partial charge in [0.1, 0.15) is 17.6 Å². The summed E-state index contributed by atoms with van der Waals surface area (Å²) in [4.78, 5) is 11.3. The second-order valence-corrected chi connectivity index (χ2v) is 6.90. The molecular formula is C16H10Cl5O4-. The first kappa shape index (κ1) is 20.3. The van der Waals surface area contributed by atoms with Crippen molar-refractivity contribution in [1.29, 1.82) is 0 Å². The molecule has 0 saturated carbocycles. The van der Waals surface area contributed by atoms with Crippen molar-refractivity contribution >= 4 is 64.0 Å². The van der Waals surface area contributed by atoms with Gasteiger partial charge in [0, 0.05) is 17.5 Å². The van der Waals surface area contributed by atoms with E-state index in [9.17, 15) is 9.90 Å². The highest BCUT2D eigenvalue weighted by molar-refractivity contribution is 6.43.